The molecule has 1 aromatic carbocycles. The Labute approximate surface area is 112 Å². The molecule has 0 bridgehead atoms. The quantitative estimate of drug-likeness (QED) is 0.665. The van der Waals surface area contributed by atoms with Crippen LogP contribution in [0.5, 0.6) is 0 Å². The van der Waals surface area contributed by atoms with Crippen LogP contribution in [-0.2, 0) is 9.53 Å². The van der Waals surface area contributed by atoms with E-state index in [1.54, 1.807) is 24.3 Å². The number of halogens is 3. The van der Waals surface area contributed by atoms with Gasteiger partial charge < -0.3 is 10.1 Å². The molecule has 0 saturated carbocycles. The molecule has 0 aliphatic carbocycles. The van der Waals surface area contributed by atoms with Gasteiger partial charge in [0.2, 0.25) is 0 Å². The van der Waals surface area contributed by atoms with Gasteiger partial charge in [-0.05, 0) is 31.2 Å². The van der Waals surface area contributed by atoms with Crippen LogP contribution < -0.4 is 5.32 Å². The second-order valence-electron chi connectivity index (χ2n) is 3.49. The molecule has 0 heterocycles. The van der Waals surface area contributed by atoms with Gasteiger partial charge in [-0.15, -0.1) is 0 Å². The molecular formula is C12H12BrF2NO2. The highest BCUT2D eigenvalue weighted by Crippen LogP contribution is 2.14. The first-order valence-electron chi connectivity index (χ1n) is 5.12. The summed E-state index contributed by atoms with van der Waals surface area (Å²) in [4.78, 5) is 11.6. The van der Waals surface area contributed by atoms with Gasteiger partial charge in [-0.1, -0.05) is 15.9 Å². The highest BCUT2D eigenvalue weighted by molar-refractivity contribution is 9.10. The average Bonchev–Trinajstić information content (AvgIpc) is 2.31. The molecular weight excluding hydrogens is 308 g/mol. The highest BCUT2D eigenvalue weighted by Gasteiger charge is 2.06. The second kappa shape index (κ2) is 7.10. The van der Waals surface area contributed by atoms with Gasteiger partial charge in [-0.3, -0.25) is 4.79 Å². The van der Waals surface area contributed by atoms with E-state index < -0.39 is 18.9 Å². The third-order valence-corrected chi connectivity index (χ3v) is 2.47. The number of carbonyl (C=O) groups excluding carboxylic acids is 1. The molecule has 0 radical (unpaired) electrons. The van der Waals surface area contributed by atoms with Crippen LogP contribution >= 0.6 is 15.9 Å². The fourth-order valence-electron chi connectivity index (χ4n) is 1.06. The number of anilines is 1. The maximum Gasteiger partial charge on any atom is 0.272 e. The van der Waals surface area contributed by atoms with Crippen molar-refractivity contribution >= 4 is 27.5 Å². The Bertz CT molecular complexity index is 432. The van der Waals surface area contributed by atoms with E-state index in [1.807, 2.05) is 0 Å². The van der Waals surface area contributed by atoms with Gasteiger partial charge in [0.25, 0.3) is 12.3 Å². The van der Waals surface area contributed by atoms with E-state index in [4.69, 9.17) is 0 Å². The monoisotopic (exact) mass is 319 g/mol. The number of amides is 1. The highest BCUT2D eigenvalue weighted by atomic mass is 79.9. The van der Waals surface area contributed by atoms with Crippen molar-refractivity contribution in [2.75, 3.05) is 11.9 Å². The molecule has 3 nitrogen and oxygen atoms in total. The van der Waals surface area contributed by atoms with Crippen LogP contribution in [0.1, 0.15) is 6.92 Å². The van der Waals surface area contributed by atoms with Crippen molar-refractivity contribution in [1.82, 2.24) is 0 Å². The summed E-state index contributed by atoms with van der Waals surface area (Å²) < 4.78 is 29.1. The van der Waals surface area contributed by atoms with E-state index >= 15 is 0 Å². The molecule has 0 aromatic heterocycles. The molecule has 1 amide bonds. The first-order valence-corrected chi connectivity index (χ1v) is 5.92. The Morgan fingerprint density at radius 2 is 2.06 bits per heavy atom. The van der Waals surface area contributed by atoms with Crippen LogP contribution in [-0.4, -0.2) is 18.9 Å². The standard InChI is InChI=1S/C12H12BrF2NO2/c1-8(6-18-7-11(14)15)12(17)16-10-4-2-9(13)3-5-10/h2-6,11H,7H2,1H3,(H,16,17). The van der Waals surface area contributed by atoms with Crippen LogP contribution in [0.4, 0.5) is 14.5 Å². The molecule has 0 aliphatic heterocycles. The van der Waals surface area contributed by atoms with Gasteiger partial charge in [-0.2, -0.15) is 0 Å². The zero-order chi connectivity index (χ0) is 13.5. The minimum atomic E-state index is -2.55. The maximum atomic E-state index is 11.8. The average molecular weight is 320 g/mol. The topological polar surface area (TPSA) is 38.3 Å². The summed E-state index contributed by atoms with van der Waals surface area (Å²) in [7, 11) is 0. The molecule has 0 saturated heterocycles. The smallest absolute Gasteiger partial charge is 0.272 e. The Balaban J connectivity index is 2.51. The fourth-order valence-corrected chi connectivity index (χ4v) is 1.33. The molecule has 0 spiro atoms. The molecule has 1 rings (SSSR count). The van der Waals surface area contributed by atoms with E-state index in [0.29, 0.717) is 5.69 Å². The predicted molar refractivity (Wildman–Crippen MR) is 68.5 cm³/mol. The number of nitrogens with one attached hydrogen (secondary N) is 1. The zero-order valence-electron chi connectivity index (χ0n) is 9.62. The van der Waals surface area contributed by atoms with Crippen molar-refractivity contribution in [3.63, 3.8) is 0 Å². The van der Waals surface area contributed by atoms with Gasteiger partial charge >= 0.3 is 0 Å². The number of hydrogen-bond donors (Lipinski definition) is 1. The van der Waals surface area contributed by atoms with Gasteiger partial charge in [0.05, 0.1) is 6.26 Å². The summed E-state index contributed by atoms with van der Waals surface area (Å²) in [5, 5.41) is 2.61. The predicted octanol–water partition coefficient (Wildman–Crippen LogP) is 3.57. The molecule has 0 unspecified atom stereocenters. The lowest BCUT2D eigenvalue weighted by atomic mass is 10.3. The minimum Gasteiger partial charge on any atom is -0.495 e. The first-order chi connectivity index (χ1) is 8.49. The summed E-state index contributed by atoms with van der Waals surface area (Å²) in [5.41, 5.74) is 0.836. The van der Waals surface area contributed by atoms with Gasteiger partial charge in [0.15, 0.2) is 0 Å². The summed E-state index contributed by atoms with van der Waals surface area (Å²) >= 11 is 3.27. The Morgan fingerprint density at radius 3 is 2.61 bits per heavy atom. The molecule has 98 valence electrons. The van der Waals surface area contributed by atoms with E-state index in [1.165, 1.54) is 6.92 Å². The second-order valence-corrected chi connectivity index (χ2v) is 4.40. The molecule has 1 N–H and O–H groups in total. The van der Waals surface area contributed by atoms with Crippen LogP contribution in [0, 0.1) is 0 Å². The number of carbonyl (C=O) groups is 1. The molecule has 18 heavy (non-hydrogen) atoms. The fraction of sp³-hybridized carbons (Fsp3) is 0.250. The lowest BCUT2D eigenvalue weighted by Gasteiger charge is -2.06. The van der Waals surface area contributed by atoms with Crippen LogP contribution in [0.25, 0.3) is 0 Å². The maximum absolute atomic E-state index is 11.8. The van der Waals surface area contributed by atoms with Gasteiger partial charge in [-0.25, -0.2) is 8.78 Å². The number of alkyl halides is 2. The normalized spacial score (nSPS) is 11.5. The van der Waals surface area contributed by atoms with Crippen LogP contribution in [0.2, 0.25) is 0 Å². The van der Waals surface area contributed by atoms with Crippen LogP contribution in [0.15, 0.2) is 40.6 Å². The summed E-state index contributed by atoms with van der Waals surface area (Å²) in [5.74, 6) is -0.397. The third-order valence-electron chi connectivity index (χ3n) is 1.94. The molecule has 0 aliphatic rings. The summed E-state index contributed by atoms with van der Waals surface area (Å²) in [6.07, 6.45) is -1.52. The third kappa shape index (κ3) is 5.27. The van der Waals surface area contributed by atoms with Crippen molar-refractivity contribution in [1.29, 1.82) is 0 Å². The van der Waals surface area contributed by atoms with Crippen molar-refractivity contribution in [3.05, 3.63) is 40.6 Å². The van der Waals surface area contributed by atoms with E-state index in [2.05, 4.69) is 26.0 Å². The number of ether oxygens (including phenoxy) is 1. The molecule has 0 atom stereocenters. The van der Waals surface area contributed by atoms with Crippen molar-refractivity contribution in [2.45, 2.75) is 13.3 Å². The van der Waals surface area contributed by atoms with Gasteiger partial charge in [0, 0.05) is 15.7 Å². The van der Waals surface area contributed by atoms with Crippen molar-refractivity contribution < 1.29 is 18.3 Å². The largest absolute Gasteiger partial charge is 0.495 e. The number of rotatable bonds is 5. The lowest BCUT2D eigenvalue weighted by molar-refractivity contribution is -0.113. The Hall–Kier alpha value is -1.43. The molecule has 1 aromatic rings. The molecule has 0 fully saturated rings. The minimum absolute atomic E-state index is 0.221. The van der Waals surface area contributed by atoms with Crippen molar-refractivity contribution in [2.24, 2.45) is 0 Å². The summed E-state index contributed by atoms with van der Waals surface area (Å²) in [6.45, 7) is 0.766. The van der Waals surface area contributed by atoms with Gasteiger partial charge in [0.1, 0.15) is 6.61 Å². The van der Waals surface area contributed by atoms with Crippen LogP contribution in [0.3, 0.4) is 0 Å². The van der Waals surface area contributed by atoms with E-state index in [9.17, 15) is 13.6 Å². The Kier molecular flexibility index (Phi) is 5.77. The zero-order valence-corrected chi connectivity index (χ0v) is 11.2. The SMILES string of the molecule is CC(=COCC(F)F)C(=O)Nc1ccc(Br)cc1. The first kappa shape index (κ1) is 14.6. The van der Waals surface area contributed by atoms with E-state index in [-0.39, 0.29) is 5.57 Å². The summed E-state index contributed by atoms with van der Waals surface area (Å²) in [6, 6.07) is 6.99. The lowest BCUT2D eigenvalue weighted by Crippen LogP contribution is -2.13. The van der Waals surface area contributed by atoms with Crippen molar-refractivity contribution in [3.8, 4) is 0 Å². The molecule has 6 heteroatoms. The van der Waals surface area contributed by atoms with E-state index in [0.717, 1.165) is 10.7 Å². The number of hydrogen-bond acceptors (Lipinski definition) is 2. The Morgan fingerprint density at radius 1 is 1.44 bits per heavy atom. The number of benzene rings is 1.